The molecule has 1 N–H and O–H groups in total. The average Bonchev–Trinajstić information content (AvgIpc) is 2.83. The molecule has 0 radical (unpaired) electrons. The SMILES string of the molecule is O=C(O)c1ccc(CN2Cc3ccccc3Oc3ccc(C(F)(F)F)cc32)cc1. The molecule has 0 fully saturated rings. The molecule has 0 spiro atoms. The molecule has 148 valence electrons. The fraction of sp³-hybridized carbons (Fsp3) is 0.136. The Morgan fingerprint density at radius 1 is 1.00 bits per heavy atom. The van der Waals surface area contributed by atoms with Gasteiger partial charge >= 0.3 is 12.1 Å². The molecule has 3 aromatic carbocycles. The number of hydrogen-bond acceptors (Lipinski definition) is 3. The van der Waals surface area contributed by atoms with E-state index < -0.39 is 17.7 Å². The zero-order valence-corrected chi connectivity index (χ0v) is 15.1. The van der Waals surface area contributed by atoms with Gasteiger partial charge in [0.2, 0.25) is 0 Å². The predicted molar refractivity (Wildman–Crippen MR) is 101 cm³/mol. The van der Waals surface area contributed by atoms with E-state index in [0.717, 1.165) is 23.3 Å². The second-order valence-corrected chi connectivity index (χ2v) is 6.75. The third-order valence-electron chi connectivity index (χ3n) is 4.76. The van der Waals surface area contributed by atoms with Crippen LogP contribution in [0.25, 0.3) is 0 Å². The van der Waals surface area contributed by atoms with Crippen molar-refractivity contribution in [3.05, 3.63) is 89.0 Å². The average molecular weight is 399 g/mol. The number of carbonyl (C=O) groups is 1. The summed E-state index contributed by atoms with van der Waals surface area (Å²) in [6.07, 6.45) is -4.47. The molecule has 0 unspecified atom stereocenters. The molecular formula is C22H16F3NO3. The molecule has 7 heteroatoms. The van der Waals surface area contributed by atoms with Crippen molar-refractivity contribution in [3.63, 3.8) is 0 Å². The summed E-state index contributed by atoms with van der Waals surface area (Å²) in [5, 5.41) is 9.05. The molecule has 3 aromatic rings. The van der Waals surface area contributed by atoms with E-state index in [1.807, 2.05) is 18.2 Å². The molecule has 0 aliphatic carbocycles. The largest absolute Gasteiger partial charge is 0.478 e. The lowest BCUT2D eigenvalue weighted by Gasteiger charge is -2.25. The number of hydrogen-bond donors (Lipinski definition) is 1. The molecule has 0 saturated carbocycles. The zero-order chi connectivity index (χ0) is 20.6. The van der Waals surface area contributed by atoms with Crippen LogP contribution >= 0.6 is 0 Å². The standard InChI is InChI=1S/C22H16F3NO3/c23-22(24,25)17-9-10-20-18(11-17)26(13-16-3-1-2-4-19(16)29-20)12-14-5-7-15(8-6-14)21(27)28/h1-11H,12-13H2,(H,27,28). The van der Waals surface area contributed by atoms with E-state index in [-0.39, 0.29) is 5.56 Å². The molecular weight excluding hydrogens is 383 g/mol. The topological polar surface area (TPSA) is 49.8 Å². The number of para-hydroxylation sites is 1. The maximum Gasteiger partial charge on any atom is 0.416 e. The zero-order valence-electron chi connectivity index (χ0n) is 15.1. The maximum atomic E-state index is 13.3. The Balaban J connectivity index is 1.75. The smallest absolute Gasteiger partial charge is 0.416 e. The minimum absolute atomic E-state index is 0.151. The normalized spacial score (nSPS) is 13.1. The first-order chi connectivity index (χ1) is 13.8. The van der Waals surface area contributed by atoms with Gasteiger partial charge in [0.15, 0.2) is 5.75 Å². The van der Waals surface area contributed by atoms with E-state index in [1.54, 1.807) is 23.1 Å². The second-order valence-electron chi connectivity index (χ2n) is 6.75. The Morgan fingerprint density at radius 2 is 1.72 bits per heavy atom. The summed E-state index contributed by atoms with van der Waals surface area (Å²) in [7, 11) is 0. The van der Waals surface area contributed by atoms with Crippen LogP contribution in [0.2, 0.25) is 0 Å². The van der Waals surface area contributed by atoms with E-state index in [0.29, 0.717) is 30.3 Å². The van der Waals surface area contributed by atoms with Crippen LogP contribution < -0.4 is 9.64 Å². The van der Waals surface area contributed by atoms with Crippen molar-refractivity contribution in [2.24, 2.45) is 0 Å². The second kappa shape index (κ2) is 7.16. The van der Waals surface area contributed by atoms with Crippen LogP contribution in [0.15, 0.2) is 66.7 Å². The summed E-state index contributed by atoms with van der Waals surface area (Å²) in [5.41, 5.74) is 1.35. The Hall–Kier alpha value is -3.48. The molecule has 1 aliphatic heterocycles. The molecule has 0 atom stereocenters. The van der Waals surface area contributed by atoms with Gasteiger partial charge in [0.25, 0.3) is 0 Å². The summed E-state index contributed by atoms with van der Waals surface area (Å²) in [6, 6.07) is 17.0. The lowest BCUT2D eigenvalue weighted by Crippen LogP contribution is -2.22. The number of ether oxygens (including phenoxy) is 1. The number of anilines is 1. The first-order valence-electron chi connectivity index (χ1n) is 8.85. The number of alkyl halides is 3. The number of nitrogens with zero attached hydrogens (tertiary/aromatic N) is 1. The molecule has 0 bridgehead atoms. The van der Waals surface area contributed by atoms with Gasteiger partial charge in [-0.25, -0.2) is 4.79 Å². The van der Waals surface area contributed by atoms with Crippen molar-refractivity contribution < 1.29 is 27.8 Å². The maximum absolute atomic E-state index is 13.3. The minimum atomic E-state index is -4.47. The first-order valence-corrected chi connectivity index (χ1v) is 8.85. The quantitative estimate of drug-likeness (QED) is 0.612. The molecule has 1 aliphatic rings. The summed E-state index contributed by atoms with van der Waals surface area (Å²) in [5.74, 6) is -0.101. The van der Waals surface area contributed by atoms with Gasteiger partial charge in [-0.2, -0.15) is 13.2 Å². The molecule has 4 rings (SSSR count). The van der Waals surface area contributed by atoms with Gasteiger partial charge in [0.05, 0.1) is 16.8 Å². The summed E-state index contributed by atoms with van der Waals surface area (Å²) in [6.45, 7) is 0.650. The van der Waals surface area contributed by atoms with Crippen LogP contribution in [0.3, 0.4) is 0 Å². The van der Waals surface area contributed by atoms with Gasteiger partial charge in [-0.15, -0.1) is 0 Å². The van der Waals surface area contributed by atoms with Gasteiger partial charge in [-0.05, 0) is 42.0 Å². The van der Waals surface area contributed by atoms with Crippen molar-refractivity contribution in [2.45, 2.75) is 19.3 Å². The van der Waals surface area contributed by atoms with Crippen LogP contribution in [0.5, 0.6) is 11.5 Å². The molecule has 29 heavy (non-hydrogen) atoms. The van der Waals surface area contributed by atoms with E-state index >= 15 is 0 Å². The minimum Gasteiger partial charge on any atom is -0.478 e. The van der Waals surface area contributed by atoms with Gasteiger partial charge in [0.1, 0.15) is 5.75 Å². The predicted octanol–water partition coefficient (Wildman–Crippen LogP) is 5.72. The lowest BCUT2D eigenvalue weighted by molar-refractivity contribution is -0.137. The Labute approximate surface area is 164 Å². The molecule has 4 nitrogen and oxygen atoms in total. The highest BCUT2D eigenvalue weighted by atomic mass is 19.4. The fourth-order valence-corrected chi connectivity index (χ4v) is 3.28. The number of carboxylic acid groups (broad SMARTS) is 1. The van der Waals surface area contributed by atoms with Gasteiger partial charge < -0.3 is 14.7 Å². The van der Waals surface area contributed by atoms with Crippen molar-refractivity contribution in [2.75, 3.05) is 4.90 Å². The van der Waals surface area contributed by atoms with E-state index in [4.69, 9.17) is 9.84 Å². The Kier molecular flexibility index (Phi) is 4.66. The highest BCUT2D eigenvalue weighted by molar-refractivity contribution is 5.87. The van der Waals surface area contributed by atoms with Crippen LogP contribution in [0, 0.1) is 0 Å². The highest BCUT2D eigenvalue weighted by Crippen LogP contribution is 2.42. The number of aromatic carboxylic acids is 1. The van der Waals surface area contributed by atoms with Crippen molar-refractivity contribution in [3.8, 4) is 11.5 Å². The van der Waals surface area contributed by atoms with E-state index in [2.05, 4.69) is 0 Å². The number of benzene rings is 3. The molecule has 0 aromatic heterocycles. The van der Waals surface area contributed by atoms with Gasteiger partial charge in [0, 0.05) is 18.7 Å². The van der Waals surface area contributed by atoms with Crippen molar-refractivity contribution in [1.29, 1.82) is 0 Å². The first kappa shape index (κ1) is 18.9. The van der Waals surface area contributed by atoms with Crippen LogP contribution in [0.1, 0.15) is 27.0 Å². The number of halogens is 3. The Morgan fingerprint density at radius 3 is 2.41 bits per heavy atom. The van der Waals surface area contributed by atoms with Gasteiger partial charge in [-0.3, -0.25) is 0 Å². The van der Waals surface area contributed by atoms with Crippen LogP contribution in [-0.4, -0.2) is 11.1 Å². The van der Waals surface area contributed by atoms with Gasteiger partial charge in [-0.1, -0.05) is 30.3 Å². The van der Waals surface area contributed by atoms with Crippen molar-refractivity contribution in [1.82, 2.24) is 0 Å². The van der Waals surface area contributed by atoms with Crippen LogP contribution in [0.4, 0.5) is 18.9 Å². The summed E-state index contributed by atoms with van der Waals surface area (Å²) in [4.78, 5) is 12.8. The lowest BCUT2D eigenvalue weighted by atomic mass is 10.1. The third-order valence-corrected chi connectivity index (χ3v) is 4.76. The number of fused-ring (bicyclic) bond motifs is 2. The van der Waals surface area contributed by atoms with Crippen LogP contribution in [-0.2, 0) is 19.3 Å². The number of carboxylic acids is 1. The highest BCUT2D eigenvalue weighted by Gasteiger charge is 2.32. The third kappa shape index (κ3) is 3.89. The van der Waals surface area contributed by atoms with E-state index in [1.165, 1.54) is 18.2 Å². The van der Waals surface area contributed by atoms with Crippen molar-refractivity contribution >= 4 is 11.7 Å². The monoisotopic (exact) mass is 399 g/mol. The molecule has 0 saturated heterocycles. The fourth-order valence-electron chi connectivity index (χ4n) is 3.28. The Bertz CT molecular complexity index is 1060. The summed E-state index contributed by atoms with van der Waals surface area (Å²) >= 11 is 0. The molecule has 0 amide bonds. The number of rotatable bonds is 3. The summed E-state index contributed by atoms with van der Waals surface area (Å²) < 4.78 is 45.7. The van der Waals surface area contributed by atoms with E-state index in [9.17, 15) is 18.0 Å². The molecule has 1 heterocycles.